The second kappa shape index (κ2) is 4.21. The van der Waals surface area contributed by atoms with Gasteiger partial charge in [0, 0.05) is 12.6 Å². The predicted molar refractivity (Wildman–Crippen MR) is 54.6 cm³/mol. The van der Waals surface area contributed by atoms with Crippen LogP contribution in [0.5, 0.6) is 0 Å². The molecule has 0 aromatic carbocycles. The zero-order valence-electron chi connectivity index (χ0n) is 9.38. The van der Waals surface area contributed by atoms with Crippen LogP contribution in [0.4, 0.5) is 0 Å². The fourth-order valence-electron chi connectivity index (χ4n) is 2.14. The minimum atomic E-state index is -0.718. The van der Waals surface area contributed by atoms with E-state index < -0.39 is 5.97 Å². The summed E-state index contributed by atoms with van der Waals surface area (Å²) in [5.74, 6) is -0.995. The van der Waals surface area contributed by atoms with Crippen molar-refractivity contribution in [3.8, 4) is 0 Å². The maximum atomic E-state index is 11.0. The first-order valence-electron chi connectivity index (χ1n) is 5.34. The first-order valence-corrected chi connectivity index (χ1v) is 5.34. The highest BCUT2D eigenvalue weighted by atomic mass is 16.6. The van der Waals surface area contributed by atoms with Crippen LogP contribution in [0, 0.1) is 12.8 Å². The number of hydrogen-bond acceptors (Lipinski definition) is 5. The second-order valence-electron chi connectivity index (χ2n) is 4.24. The molecular weight excluding hydrogens is 210 g/mol. The van der Waals surface area contributed by atoms with Crippen LogP contribution in [-0.2, 0) is 11.3 Å². The molecule has 1 saturated heterocycles. The summed E-state index contributed by atoms with van der Waals surface area (Å²) in [7, 11) is 0. The molecule has 6 heteroatoms. The predicted octanol–water partition coefficient (Wildman–Crippen LogP) is 0.673. The molecule has 2 rings (SSSR count). The van der Waals surface area contributed by atoms with Crippen molar-refractivity contribution < 1.29 is 14.5 Å². The van der Waals surface area contributed by atoms with Gasteiger partial charge in [-0.05, 0) is 26.8 Å². The second-order valence-corrected chi connectivity index (χ2v) is 4.24. The molecular formula is C10H15N3O3. The number of aryl methyl sites for hydroxylation is 1. The summed E-state index contributed by atoms with van der Waals surface area (Å²) < 4.78 is 4.62. The first kappa shape index (κ1) is 11.1. The first-order chi connectivity index (χ1) is 7.59. The topological polar surface area (TPSA) is 79.5 Å². The average molecular weight is 225 g/mol. The Morgan fingerprint density at radius 3 is 2.88 bits per heavy atom. The molecule has 16 heavy (non-hydrogen) atoms. The summed E-state index contributed by atoms with van der Waals surface area (Å²) in [4.78, 5) is 13.1. The van der Waals surface area contributed by atoms with E-state index in [0.29, 0.717) is 13.0 Å². The van der Waals surface area contributed by atoms with E-state index in [9.17, 15) is 4.79 Å². The summed E-state index contributed by atoms with van der Waals surface area (Å²) in [6, 6.07) is 0.0357. The number of nitrogens with zero attached hydrogens (tertiary/aromatic N) is 3. The number of aromatic nitrogens is 2. The molecule has 1 aromatic heterocycles. The zero-order valence-corrected chi connectivity index (χ0v) is 9.38. The Hall–Kier alpha value is -1.43. The Balaban J connectivity index is 2.03. The average Bonchev–Trinajstić information content (AvgIpc) is 2.76. The molecule has 88 valence electrons. The third-order valence-electron chi connectivity index (χ3n) is 3.30. The van der Waals surface area contributed by atoms with E-state index in [1.807, 2.05) is 13.8 Å². The van der Waals surface area contributed by atoms with E-state index in [-0.39, 0.29) is 12.0 Å². The van der Waals surface area contributed by atoms with Crippen LogP contribution < -0.4 is 0 Å². The van der Waals surface area contributed by atoms with E-state index >= 15 is 0 Å². The van der Waals surface area contributed by atoms with Gasteiger partial charge in [-0.1, -0.05) is 10.3 Å². The highest BCUT2D eigenvalue weighted by Crippen LogP contribution is 2.25. The number of rotatable bonds is 3. The van der Waals surface area contributed by atoms with Crippen molar-refractivity contribution in [3.05, 3.63) is 11.4 Å². The van der Waals surface area contributed by atoms with Gasteiger partial charge >= 0.3 is 5.97 Å². The quantitative estimate of drug-likeness (QED) is 0.814. The molecule has 2 atom stereocenters. The van der Waals surface area contributed by atoms with Crippen molar-refractivity contribution in [3.63, 3.8) is 0 Å². The third-order valence-corrected chi connectivity index (χ3v) is 3.30. The van der Waals surface area contributed by atoms with Gasteiger partial charge in [-0.3, -0.25) is 9.69 Å². The van der Waals surface area contributed by atoms with Crippen molar-refractivity contribution in [2.75, 3.05) is 6.54 Å². The standard InChI is InChI=1S/C10H15N3O3/c1-6-9(12-16-11-6)5-13-4-3-8(7(13)2)10(14)15/h7-8H,3-5H2,1-2H3,(H,14,15). The summed E-state index contributed by atoms with van der Waals surface area (Å²) in [5, 5.41) is 16.5. The molecule has 2 heterocycles. The van der Waals surface area contributed by atoms with Crippen LogP contribution in [0.3, 0.4) is 0 Å². The van der Waals surface area contributed by atoms with Gasteiger partial charge in [-0.15, -0.1) is 0 Å². The Labute approximate surface area is 93.2 Å². The number of carboxylic acids is 1. The van der Waals surface area contributed by atoms with Crippen LogP contribution in [0.15, 0.2) is 4.63 Å². The summed E-state index contributed by atoms with van der Waals surface area (Å²) in [6.45, 7) is 5.17. The maximum absolute atomic E-state index is 11.0. The van der Waals surface area contributed by atoms with Crippen molar-refractivity contribution in [1.82, 2.24) is 15.2 Å². The lowest BCUT2D eigenvalue weighted by Crippen LogP contribution is -2.32. The minimum Gasteiger partial charge on any atom is -0.481 e. The highest BCUT2D eigenvalue weighted by molar-refractivity contribution is 5.71. The van der Waals surface area contributed by atoms with Gasteiger partial charge in [0.15, 0.2) is 0 Å². The number of likely N-dealkylation sites (tertiary alicyclic amines) is 1. The lowest BCUT2D eigenvalue weighted by molar-refractivity contribution is -0.142. The Kier molecular flexibility index (Phi) is 2.91. The summed E-state index contributed by atoms with van der Waals surface area (Å²) in [5.41, 5.74) is 1.56. The molecule has 0 radical (unpaired) electrons. The molecule has 1 aliphatic heterocycles. The van der Waals surface area contributed by atoms with Crippen LogP contribution >= 0.6 is 0 Å². The molecule has 2 unspecified atom stereocenters. The van der Waals surface area contributed by atoms with E-state index in [2.05, 4.69) is 19.8 Å². The maximum Gasteiger partial charge on any atom is 0.308 e. The number of carboxylic acid groups (broad SMARTS) is 1. The Morgan fingerprint density at radius 2 is 2.38 bits per heavy atom. The van der Waals surface area contributed by atoms with Gasteiger partial charge in [-0.25, -0.2) is 4.63 Å². The van der Waals surface area contributed by atoms with Crippen molar-refractivity contribution in [2.45, 2.75) is 32.9 Å². The monoisotopic (exact) mass is 225 g/mol. The van der Waals surface area contributed by atoms with Crippen LogP contribution in [-0.4, -0.2) is 38.9 Å². The molecule has 1 N–H and O–H groups in total. The number of aliphatic carboxylic acids is 1. The van der Waals surface area contributed by atoms with E-state index in [1.54, 1.807) is 0 Å². The molecule has 6 nitrogen and oxygen atoms in total. The number of hydrogen-bond donors (Lipinski definition) is 1. The van der Waals surface area contributed by atoms with Crippen molar-refractivity contribution in [2.24, 2.45) is 5.92 Å². The van der Waals surface area contributed by atoms with Gasteiger partial charge < -0.3 is 5.11 Å². The van der Waals surface area contributed by atoms with Crippen molar-refractivity contribution in [1.29, 1.82) is 0 Å². The van der Waals surface area contributed by atoms with Gasteiger partial charge in [0.1, 0.15) is 11.4 Å². The normalized spacial score (nSPS) is 26.1. The highest BCUT2D eigenvalue weighted by Gasteiger charge is 2.35. The molecule has 1 fully saturated rings. The molecule has 1 aromatic rings. The Bertz CT molecular complexity index is 390. The lowest BCUT2D eigenvalue weighted by Gasteiger charge is -2.21. The largest absolute Gasteiger partial charge is 0.481 e. The van der Waals surface area contributed by atoms with Crippen LogP contribution in [0.25, 0.3) is 0 Å². The van der Waals surface area contributed by atoms with Gasteiger partial charge in [-0.2, -0.15) is 0 Å². The molecule has 0 amide bonds. The molecule has 0 spiro atoms. The molecule has 0 bridgehead atoms. The molecule has 1 aliphatic rings. The molecule has 0 saturated carbocycles. The van der Waals surface area contributed by atoms with Gasteiger partial charge in [0.2, 0.25) is 0 Å². The summed E-state index contributed by atoms with van der Waals surface area (Å²) >= 11 is 0. The fourth-order valence-corrected chi connectivity index (χ4v) is 2.14. The smallest absolute Gasteiger partial charge is 0.308 e. The van der Waals surface area contributed by atoms with E-state index in [4.69, 9.17) is 5.11 Å². The zero-order chi connectivity index (χ0) is 11.7. The Morgan fingerprint density at radius 1 is 1.62 bits per heavy atom. The van der Waals surface area contributed by atoms with E-state index in [1.165, 1.54) is 0 Å². The van der Waals surface area contributed by atoms with E-state index in [0.717, 1.165) is 17.9 Å². The molecule has 0 aliphatic carbocycles. The third kappa shape index (κ3) is 1.92. The lowest BCUT2D eigenvalue weighted by atomic mass is 10.0. The number of carbonyl (C=O) groups is 1. The van der Waals surface area contributed by atoms with Crippen LogP contribution in [0.2, 0.25) is 0 Å². The fraction of sp³-hybridized carbons (Fsp3) is 0.700. The summed E-state index contributed by atoms with van der Waals surface area (Å²) in [6.07, 6.45) is 0.695. The van der Waals surface area contributed by atoms with Gasteiger partial charge in [0.25, 0.3) is 0 Å². The van der Waals surface area contributed by atoms with Gasteiger partial charge in [0.05, 0.1) is 5.92 Å². The minimum absolute atomic E-state index is 0.0357. The SMILES string of the molecule is Cc1nonc1CN1CCC(C(=O)O)C1C. The van der Waals surface area contributed by atoms with Crippen LogP contribution in [0.1, 0.15) is 24.7 Å². The van der Waals surface area contributed by atoms with Crippen molar-refractivity contribution >= 4 is 5.97 Å².